The maximum atomic E-state index is 13.1. The molecule has 0 saturated carbocycles. The van der Waals surface area contributed by atoms with Crippen molar-refractivity contribution in [2.24, 2.45) is 0 Å². The van der Waals surface area contributed by atoms with Gasteiger partial charge >= 0.3 is 24.3 Å². The van der Waals surface area contributed by atoms with Crippen LogP contribution in [-0.4, -0.2) is 77.0 Å². The molecule has 0 radical (unpaired) electrons. The number of carboxylic acids is 2. The van der Waals surface area contributed by atoms with Crippen molar-refractivity contribution in [1.29, 1.82) is 0 Å². The zero-order valence-corrected chi connectivity index (χ0v) is 21.9. The molecule has 0 bridgehead atoms. The summed E-state index contributed by atoms with van der Waals surface area (Å²) in [5.41, 5.74) is 4.39. The largest absolute Gasteiger partial charge is 0.490 e. The van der Waals surface area contributed by atoms with Gasteiger partial charge in [0.2, 0.25) is 0 Å². The lowest BCUT2D eigenvalue weighted by atomic mass is 10.0. The average Bonchev–Trinajstić information content (AvgIpc) is 3.38. The van der Waals surface area contributed by atoms with E-state index in [1.807, 2.05) is 30.6 Å². The van der Waals surface area contributed by atoms with Gasteiger partial charge in [-0.15, -0.1) is 0 Å². The Hall–Kier alpha value is -4.67. The highest BCUT2D eigenvalue weighted by Crippen LogP contribution is 2.27. The normalized spacial score (nSPS) is 14.3. The molecule has 0 amide bonds. The van der Waals surface area contributed by atoms with Crippen molar-refractivity contribution >= 4 is 23.2 Å². The summed E-state index contributed by atoms with van der Waals surface area (Å²) in [6.07, 6.45) is -0.971. The standard InChI is InChI=1S/C22H21FN6.2C2HF3O2/c23-18-5-3-16(4-6-18)14-28-10-7-19(8-11-28)29-15-26-21-22(29)27-20(13-25-21)17-2-1-9-24-12-17;2*3-2(4,5)1(6)7/h1-6,9,12-13,15,19H,7-8,10-11,14H2;2*(H,6,7). The zero-order valence-electron chi connectivity index (χ0n) is 21.9. The molecule has 230 valence electrons. The van der Waals surface area contributed by atoms with Gasteiger partial charge in [-0.3, -0.25) is 9.88 Å². The highest BCUT2D eigenvalue weighted by atomic mass is 19.4. The van der Waals surface area contributed by atoms with Crippen LogP contribution in [0.5, 0.6) is 0 Å². The number of carboxylic acid groups (broad SMARTS) is 2. The fourth-order valence-electron chi connectivity index (χ4n) is 3.93. The van der Waals surface area contributed by atoms with E-state index in [1.54, 1.807) is 18.6 Å². The first-order valence-electron chi connectivity index (χ1n) is 12.3. The summed E-state index contributed by atoms with van der Waals surface area (Å²) in [6.45, 7) is 2.82. The first-order valence-corrected chi connectivity index (χ1v) is 12.3. The van der Waals surface area contributed by atoms with Gasteiger partial charge in [0.15, 0.2) is 11.3 Å². The summed E-state index contributed by atoms with van der Waals surface area (Å²) >= 11 is 0. The van der Waals surface area contributed by atoms with E-state index in [9.17, 15) is 30.7 Å². The highest BCUT2D eigenvalue weighted by Gasteiger charge is 2.38. The number of aromatic nitrogens is 5. The summed E-state index contributed by atoms with van der Waals surface area (Å²) in [7, 11) is 0. The number of pyridine rings is 1. The Kier molecular flexibility index (Phi) is 10.7. The second-order valence-corrected chi connectivity index (χ2v) is 9.04. The molecule has 0 unspecified atom stereocenters. The number of rotatable bonds is 4. The lowest BCUT2D eigenvalue weighted by Gasteiger charge is -2.32. The summed E-state index contributed by atoms with van der Waals surface area (Å²) in [6, 6.07) is 11.0. The zero-order chi connectivity index (χ0) is 31.8. The predicted molar refractivity (Wildman–Crippen MR) is 136 cm³/mol. The van der Waals surface area contributed by atoms with Gasteiger partial charge in [-0.2, -0.15) is 26.3 Å². The number of hydrogen-bond acceptors (Lipinski definition) is 7. The van der Waals surface area contributed by atoms with Crippen LogP contribution in [0.2, 0.25) is 0 Å². The number of likely N-dealkylation sites (tertiary alicyclic amines) is 1. The number of fused-ring (bicyclic) bond motifs is 1. The minimum Gasteiger partial charge on any atom is -0.475 e. The second-order valence-electron chi connectivity index (χ2n) is 9.04. The van der Waals surface area contributed by atoms with E-state index in [2.05, 4.69) is 24.4 Å². The van der Waals surface area contributed by atoms with Crippen molar-refractivity contribution in [3.05, 3.63) is 72.7 Å². The Morgan fingerprint density at radius 2 is 1.47 bits per heavy atom. The van der Waals surface area contributed by atoms with Gasteiger partial charge in [0.25, 0.3) is 0 Å². The molecule has 2 N–H and O–H groups in total. The fourth-order valence-corrected chi connectivity index (χ4v) is 3.93. The summed E-state index contributed by atoms with van der Waals surface area (Å²) in [5, 5.41) is 14.2. The van der Waals surface area contributed by atoms with Crippen LogP contribution in [0.15, 0.2) is 61.3 Å². The minimum atomic E-state index is -5.08. The van der Waals surface area contributed by atoms with E-state index in [0.717, 1.165) is 54.9 Å². The Balaban J connectivity index is 0.000000303. The molecule has 5 rings (SSSR count). The maximum Gasteiger partial charge on any atom is 0.490 e. The van der Waals surface area contributed by atoms with E-state index < -0.39 is 24.3 Å². The molecule has 43 heavy (non-hydrogen) atoms. The molecule has 1 saturated heterocycles. The van der Waals surface area contributed by atoms with Crippen molar-refractivity contribution in [2.75, 3.05) is 13.1 Å². The Bertz CT molecular complexity index is 1480. The molecule has 1 aliphatic heterocycles. The number of imidazole rings is 1. The van der Waals surface area contributed by atoms with Crippen LogP contribution in [0.4, 0.5) is 30.7 Å². The molecule has 4 heterocycles. The minimum absolute atomic E-state index is 0.189. The predicted octanol–water partition coefficient (Wildman–Crippen LogP) is 5.13. The van der Waals surface area contributed by atoms with Gasteiger partial charge in [0, 0.05) is 43.6 Å². The molecular weight excluding hydrogens is 593 g/mol. The monoisotopic (exact) mass is 616 g/mol. The van der Waals surface area contributed by atoms with Crippen molar-refractivity contribution in [1.82, 2.24) is 29.4 Å². The topological polar surface area (TPSA) is 134 Å². The van der Waals surface area contributed by atoms with Crippen molar-refractivity contribution in [3.63, 3.8) is 0 Å². The number of alkyl halides is 6. The van der Waals surface area contributed by atoms with Crippen LogP contribution >= 0.6 is 0 Å². The summed E-state index contributed by atoms with van der Waals surface area (Å²) in [4.78, 5) is 38.1. The van der Waals surface area contributed by atoms with Crippen LogP contribution in [-0.2, 0) is 16.1 Å². The first kappa shape index (κ1) is 32.8. The van der Waals surface area contributed by atoms with Gasteiger partial charge in [-0.25, -0.2) is 28.9 Å². The molecular formula is C26H23F7N6O4. The van der Waals surface area contributed by atoms with Crippen molar-refractivity contribution < 1.29 is 50.5 Å². The quantitative estimate of drug-likeness (QED) is 0.299. The first-order chi connectivity index (χ1) is 20.1. The van der Waals surface area contributed by atoms with Gasteiger partial charge in [-0.1, -0.05) is 12.1 Å². The molecule has 17 heteroatoms. The van der Waals surface area contributed by atoms with Crippen LogP contribution in [0, 0.1) is 5.82 Å². The van der Waals surface area contributed by atoms with Gasteiger partial charge in [0.1, 0.15) is 5.82 Å². The summed E-state index contributed by atoms with van der Waals surface area (Å²) in [5.74, 6) is -5.70. The van der Waals surface area contributed by atoms with E-state index >= 15 is 0 Å². The van der Waals surface area contributed by atoms with Crippen LogP contribution in [0.25, 0.3) is 22.6 Å². The molecule has 0 aliphatic carbocycles. The molecule has 1 aromatic carbocycles. The lowest BCUT2D eigenvalue weighted by Crippen LogP contribution is -2.34. The van der Waals surface area contributed by atoms with E-state index in [-0.39, 0.29) is 5.82 Å². The molecule has 10 nitrogen and oxygen atoms in total. The third kappa shape index (κ3) is 9.69. The van der Waals surface area contributed by atoms with Crippen LogP contribution in [0.1, 0.15) is 24.4 Å². The van der Waals surface area contributed by atoms with E-state index in [0.29, 0.717) is 11.7 Å². The van der Waals surface area contributed by atoms with Gasteiger partial charge < -0.3 is 14.8 Å². The van der Waals surface area contributed by atoms with Crippen molar-refractivity contribution in [3.8, 4) is 11.3 Å². The second kappa shape index (κ2) is 14.0. The number of halogens is 7. The van der Waals surface area contributed by atoms with E-state index in [4.69, 9.17) is 24.8 Å². The van der Waals surface area contributed by atoms with E-state index in [1.165, 1.54) is 12.1 Å². The SMILES string of the molecule is Fc1ccc(CN2CCC(n3cnc4ncc(-c5cccnc5)nc43)CC2)cc1.O=C(O)C(F)(F)F.O=C(O)C(F)(F)F. The third-order valence-electron chi connectivity index (χ3n) is 6.00. The van der Waals surface area contributed by atoms with Crippen molar-refractivity contribution in [2.45, 2.75) is 37.8 Å². The fraction of sp³-hybridized carbons (Fsp3) is 0.308. The summed E-state index contributed by atoms with van der Waals surface area (Å²) < 4.78 is 78.7. The van der Waals surface area contributed by atoms with Gasteiger partial charge in [-0.05, 0) is 42.7 Å². The molecule has 0 atom stereocenters. The maximum absolute atomic E-state index is 13.1. The smallest absolute Gasteiger partial charge is 0.475 e. The molecule has 3 aromatic heterocycles. The Morgan fingerprint density at radius 1 is 0.884 bits per heavy atom. The van der Waals surface area contributed by atoms with Crippen LogP contribution < -0.4 is 0 Å². The van der Waals surface area contributed by atoms with Gasteiger partial charge in [0.05, 0.1) is 18.2 Å². The lowest BCUT2D eigenvalue weighted by molar-refractivity contribution is -0.193. The molecule has 4 aromatic rings. The molecule has 0 spiro atoms. The Morgan fingerprint density at radius 3 is 1.98 bits per heavy atom. The van der Waals surface area contributed by atoms with Crippen LogP contribution in [0.3, 0.4) is 0 Å². The highest BCUT2D eigenvalue weighted by molar-refractivity contribution is 5.73. The average molecular weight is 616 g/mol. The number of nitrogens with zero attached hydrogens (tertiary/aromatic N) is 6. The Labute approximate surface area is 238 Å². The number of aliphatic carboxylic acids is 2. The third-order valence-corrected chi connectivity index (χ3v) is 6.00. The number of piperidine rings is 1. The molecule has 1 fully saturated rings. The molecule has 1 aliphatic rings. The number of carbonyl (C=O) groups is 2. The number of benzene rings is 1. The number of hydrogen-bond donors (Lipinski definition) is 2.